The molecular formula is C9H11S. The summed E-state index contributed by atoms with van der Waals surface area (Å²) in [5.74, 6) is 0. The summed E-state index contributed by atoms with van der Waals surface area (Å²) in [5, 5.41) is 0.349. The van der Waals surface area contributed by atoms with E-state index in [2.05, 4.69) is 19.1 Å². The van der Waals surface area contributed by atoms with Crippen LogP contribution in [0.1, 0.15) is 12.5 Å². The minimum absolute atomic E-state index is 0.349. The van der Waals surface area contributed by atoms with Crippen LogP contribution in [0.25, 0.3) is 0 Å². The van der Waals surface area contributed by atoms with E-state index in [0.29, 0.717) is 5.25 Å². The van der Waals surface area contributed by atoms with E-state index in [1.165, 1.54) is 5.56 Å². The lowest BCUT2D eigenvalue weighted by Gasteiger charge is -2.01. The first-order valence-corrected chi connectivity index (χ1v) is 3.96. The SMILES string of the molecule is CC([S])Cc1ccccc1. The van der Waals surface area contributed by atoms with E-state index in [1.54, 1.807) is 0 Å². The summed E-state index contributed by atoms with van der Waals surface area (Å²) in [6.45, 7) is 2.06. The fourth-order valence-corrected chi connectivity index (χ4v) is 1.14. The van der Waals surface area contributed by atoms with Crippen LogP contribution in [0.5, 0.6) is 0 Å². The smallest absolute Gasteiger partial charge is 0.0163 e. The van der Waals surface area contributed by atoms with E-state index in [9.17, 15) is 0 Å². The Kier molecular flexibility index (Phi) is 2.82. The van der Waals surface area contributed by atoms with Gasteiger partial charge in [0, 0.05) is 5.25 Å². The Bertz CT molecular complexity index is 179. The molecule has 0 heterocycles. The van der Waals surface area contributed by atoms with Gasteiger partial charge < -0.3 is 0 Å². The standard InChI is InChI=1S/C9H11S/c1-8(10)7-9-5-3-2-4-6-9/h2-6,8H,7H2,1H3. The van der Waals surface area contributed by atoms with Crippen LogP contribution in [-0.4, -0.2) is 5.25 Å². The second-order valence-electron chi connectivity index (χ2n) is 2.50. The largest absolute Gasteiger partial charge is 0.0904 e. The van der Waals surface area contributed by atoms with Crippen LogP contribution in [0, 0.1) is 0 Å². The first kappa shape index (κ1) is 7.67. The summed E-state index contributed by atoms with van der Waals surface area (Å²) in [6.07, 6.45) is 1.01. The van der Waals surface area contributed by atoms with Gasteiger partial charge in [0.1, 0.15) is 0 Å². The molecule has 0 saturated heterocycles. The molecular weight excluding hydrogens is 140 g/mol. The predicted molar refractivity (Wildman–Crippen MR) is 47.2 cm³/mol. The summed E-state index contributed by atoms with van der Waals surface area (Å²) in [4.78, 5) is 0. The van der Waals surface area contributed by atoms with Gasteiger partial charge in [-0.25, -0.2) is 0 Å². The Hall–Kier alpha value is -0.430. The first-order valence-electron chi connectivity index (χ1n) is 3.49. The molecule has 1 rings (SSSR count). The zero-order valence-electron chi connectivity index (χ0n) is 6.08. The molecule has 1 radical (unpaired) electrons. The van der Waals surface area contributed by atoms with Gasteiger partial charge in [0.15, 0.2) is 0 Å². The van der Waals surface area contributed by atoms with Crippen molar-refractivity contribution in [3.05, 3.63) is 35.9 Å². The van der Waals surface area contributed by atoms with Gasteiger partial charge in [0.2, 0.25) is 0 Å². The Morgan fingerprint density at radius 2 is 1.90 bits per heavy atom. The molecule has 1 aromatic carbocycles. The molecule has 0 fully saturated rings. The molecule has 10 heavy (non-hydrogen) atoms. The minimum atomic E-state index is 0.349. The molecule has 0 aliphatic rings. The van der Waals surface area contributed by atoms with Crippen LogP contribution in [0.3, 0.4) is 0 Å². The highest BCUT2D eigenvalue weighted by atomic mass is 32.1. The molecule has 0 nitrogen and oxygen atoms in total. The highest BCUT2D eigenvalue weighted by Crippen LogP contribution is 2.05. The second kappa shape index (κ2) is 3.67. The zero-order chi connectivity index (χ0) is 7.40. The molecule has 53 valence electrons. The van der Waals surface area contributed by atoms with Gasteiger partial charge in [-0.3, -0.25) is 0 Å². The quantitative estimate of drug-likeness (QED) is 0.609. The fourth-order valence-electron chi connectivity index (χ4n) is 0.946. The van der Waals surface area contributed by atoms with Crippen molar-refractivity contribution in [1.29, 1.82) is 0 Å². The van der Waals surface area contributed by atoms with Gasteiger partial charge in [0.25, 0.3) is 0 Å². The molecule has 0 amide bonds. The predicted octanol–water partition coefficient (Wildman–Crippen LogP) is 2.82. The monoisotopic (exact) mass is 151 g/mol. The highest BCUT2D eigenvalue weighted by molar-refractivity contribution is 7.80. The number of hydrogen-bond donors (Lipinski definition) is 0. The Balaban J connectivity index is 2.59. The minimum Gasteiger partial charge on any atom is -0.0904 e. The van der Waals surface area contributed by atoms with Crippen molar-refractivity contribution in [3.63, 3.8) is 0 Å². The van der Waals surface area contributed by atoms with E-state index in [-0.39, 0.29) is 0 Å². The van der Waals surface area contributed by atoms with E-state index in [0.717, 1.165) is 6.42 Å². The average Bonchev–Trinajstić information content (AvgIpc) is 1.88. The van der Waals surface area contributed by atoms with E-state index in [1.807, 2.05) is 18.2 Å². The third kappa shape index (κ3) is 2.44. The average molecular weight is 151 g/mol. The maximum absolute atomic E-state index is 5.06. The lowest BCUT2D eigenvalue weighted by Crippen LogP contribution is -1.95. The van der Waals surface area contributed by atoms with Crippen molar-refractivity contribution in [2.45, 2.75) is 18.6 Å². The molecule has 0 saturated carbocycles. The third-order valence-corrected chi connectivity index (χ3v) is 1.53. The Morgan fingerprint density at radius 1 is 1.30 bits per heavy atom. The molecule has 1 atom stereocenters. The van der Waals surface area contributed by atoms with Crippen LogP contribution in [0.15, 0.2) is 30.3 Å². The highest BCUT2D eigenvalue weighted by Gasteiger charge is 1.95. The maximum Gasteiger partial charge on any atom is 0.0163 e. The molecule has 0 aromatic heterocycles. The van der Waals surface area contributed by atoms with Crippen LogP contribution < -0.4 is 0 Å². The molecule has 1 unspecified atom stereocenters. The van der Waals surface area contributed by atoms with Gasteiger partial charge >= 0.3 is 0 Å². The number of hydrogen-bond acceptors (Lipinski definition) is 0. The van der Waals surface area contributed by atoms with E-state index < -0.39 is 0 Å². The van der Waals surface area contributed by atoms with E-state index in [4.69, 9.17) is 12.6 Å². The summed E-state index contributed by atoms with van der Waals surface area (Å²) >= 11 is 5.06. The van der Waals surface area contributed by atoms with Gasteiger partial charge in [-0.1, -0.05) is 49.9 Å². The van der Waals surface area contributed by atoms with Gasteiger partial charge in [-0.15, -0.1) is 0 Å². The molecule has 0 N–H and O–H groups in total. The van der Waals surface area contributed by atoms with Crippen molar-refractivity contribution >= 4 is 12.6 Å². The Labute approximate surface area is 67.7 Å². The molecule has 0 spiro atoms. The molecule has 0 bridgehead atoms. The Morgan fingerprint density at radius 3 is 2.40 bits per heavy atom. The molecule has 0 aliphatic carbocycles. The molecule has 1 heteroatoms. The van der Waals surface area contributed by atoms with Crippen molar-refractivity contribution < 1.29 is 0 Å². The van der Waals surface area contributed by atoms with Crippen molar-refractivity contribution in [2.75, 3.05) is 0 Å². The second-order valence-corrected chi connectivity index (χ2v) is 3.31. The normalized spacial score (nSPS) is 13.0. The first-order chi connectivity index (χ1) is 4.79. The van der Waals surface area contributed by atoms with Crippen molar-refractivity contribution in [3.8, 4) is 0 Å². The van der Waals surface area contributed by atoms with E-state index >= 15 is 0 Å². The number of benzene rings is 1. The molecule has 0 aliphatic heterocycles. The topological polar surface area (TPSA) is 0 Å². The summed E-state index contributed by atoms with van der Waals surface area (Å²) in [5.41, 5.74) is 1.34. The summed E-state index contributed by atoms with van der Waals surface area (Å²) in [7, 11) is 0. The van der Waals surface area contributed by atoms with Crippen LogP contribution in [0.2, 0.25) is 0 Å². The summed E-state index contributed by atoms with van der Waals surface area (Å²) in [6, 6.07) is 10.4. The van der Waals surface area contributed by atoms with Gasteiger partial charge in [0.05, 0.1) is 0 Å². The van der Waals surface area contributed by atoms with Crippen molar-refractivity contribution in [1.82, 2.24) is 0 Å². The lowest BCUT2D eigenvalue weighted by atomic mass is 10.1. The third-order valence-electron chi connectivity index (χ3n) is 1.37. The van der Waals surface area contributed by atoms with Crippen LogP contribution in [-0.2, 0) is 6.42 Å². The van der Waals surface area contributed by atoms with Crippen LogP contribution >= 0.6 is 12.6 Å². The van der Waals surface area contributed by atoms with Gasteiger partial charge in [-0.2, -0.15) is 0 Å². The molecule has 1 aromatic rings. The van der Waals surface area contributed by atoms with Gasteiger partial charge in [-0.05, 0) is 12.0 Å². The lowest BCUT2D eigenvalue weighted by molar-refractivity contribution is 0.951. The maximum atomic E-state index is 5.06. The fraction of sp³-hybridized carbons (Fsp3) is 0.333. The van der Waals surface area contributed by atoms with Crippen LogP contribution in [0.4, 0.5) is 0 Å². The zero-order valence-corrected chi connectivity index (χ0v) is 6.90. The summed E-state index contributed by atoms with van der Waals surface area (Å²) < 4.78 is 0. The van der Waals surface area contributed by atoms with Crippen molar-refractivity contribution in [2.24, 2.45) is 0 Å². The number of rotatable bonds is 2.